The van der Waals surface area contributed by atoms with Gasteiger partial charge in [-0.15, -0.1) is 0 Å². The smallest absolute Gasteiger partial charge is 0.152 e. The summed E-state index contributed by atoms with van der Waals surface area (Å²) in [7, 11) is 1.62. The van der Waals surface area contributed by atoms with Crippen LogP contribution in [0.4, 0.5) is 0 Å². The van der Waals surface area contributed by atoms with Crippen LogP contribution < -0.4 is 4.74 Å². The summed E-state index contributed by atoms with van der Waals surface area (Å²) in [5.74, 6) is 0.804. The van der Waals surface area contributed by atoms with Crippen molar-refractivity contribution < 1.29 is 24.8 Å². The van der Waals surface area contributed by atoms with Gasteiger partial charge in [0.15, 0.2) is 6.10 Å². The molecule has 138 valence electrons. The second-order valence-corrected chi connectivity index (χ2v) is 6.71. The molecule has 0 radical (unpaired) electrons. The number of aliphatic hydroxyl groups is 3. The lowest BCUT2D eigenvalue weighted by atomic mass is 9.92. The van der Waals surface area contributed by atoms with E-state index in [1.807, 2.05) is 30.3 Å². The average Bonchev–Trinajstić information content (AvgIpc) is 2.65. The molecule has 0 bridgehead atoms. The number of halogens is 1. The Morgan fingerprint density at radius 3 is 2.42 bits per heavy atom. The summed E-state index contributed by atoms with van der Waals surface area (Å²) in [4.78, 5) is 0. The summed E-state index contributed by atoms with van der Waals surface area (Å²) in [5.41, 5.74) is 2.56. The van der Waals surface area contributed by atoms with Crippen molar-refractivity contribution in [3.8, 4) is 5.75 Å². The van der Waals surface area contributed by atoms with E-state index in [9.17, 15) is 15.3 Å². The maximum atomic E-state index is 10.3. The SMILES string of the molecule is C=C1O[C@@H](c2ccc(Cl)c(Cc3ccc(OC)cc3)c2)[C@H](O)[C@@H](O)[C@@H]1O. The van der Waals surface area contributed by atoms with E-state index in [-0.39, 0.29) is 5.76 Å². The standard InChI is InChI=1S/C20H21ClO5/c1-11-17(22)18(23)19(24)20(26-11)13-5-8-16(21)14(10-13)9-12-3-6-15(25-2)7-4-12/h3-8,10,17-20,22-24H,1,9H2,2H3/t17-,18+,19-,20+/m1/s1. The van der Waals surface area contributed by atoms with Gasteiger partial charge in [-0.3, -0.25) is 0 Å². The van der Waals surface area contributed by atoms with Gasteiger partial charge in [-0.25, -0.2) is 0 Å². The van der Waals surface area contributed by atoms with Crippen molar-refractivity contribution in [1.29, 1.82) is 0 Å². The monoisotopic (exact) mass is 376 g/mol. The van der Waals surface area contributed by atoms with Crippen LogP contribution in [0.2, 0.25) is 5.02 Å². The van der Waals surface area contributed by atoms with Crippen molar-refractivity contribution >= 4 is 11.6 Å². The summed E-state index contributed by atoms with van der Waals surface area (Å²) in [6.45, 7) is 3.60. The molecule has 5 nitrogen and oxygen atoms in total. The molecule has 0 aromatic heterocycles. The molecule has 1 fully saturated rings. The Balaban J connectivity index is 1.86. The minimum absolute atomic E-state index is 0.0273. The fraction of sp³-hybridized carbons (Fsp3) is 0.300. The van der Waals surface area contributed by atoms with Gasteiger partial charge in [0.1, 0.15) is 29.8 Å². The quantitative estimate of drug-likeness (QED) is 0.764. The predicted molar refractivity (Wildman–Crippen MR) is 98.2 cm³/mol. The van der Waals surface area contributed by atoms with Gasteiger partial charge in [-0.2, -0.15) is 0 Å². The third-order valence-corrected chi connectivity index (χ3v) is 4.91. The molecule has 3 rings (SSSR count). The average molecular weight is 377 g/mol. The Bertz CT molecular complexity index is 789. The molecule has 1 saturated heterocycles. The highest BCUT2D eigenvalue weighted by molar-refractivity contribution is 6.31. The predicted octanol–water partition coefficient (Wildman–Crippen LogP) is 2.61. The van der Waals surface area contributed by atoms with Gasteiger partial charge in [-0.1, -0.05) is 42.4 Å². The summed E-state index contributed by atoms with van der Waals surface area (Å²) < 4.78 is 10.7. The normalized spacial score (nSPS) is 25.7. The van der Waals surface area contributed by atoms with E-state index in [4.69, 9.17) is 21.1 Å². The number of rotatable bonds is 4. The largest absolute Gasteiger partial charge is 0.497 e. The van der Waals surface area contributed by atoms with Gasteiger partial charge in [0.2, 0.25) is 0 Å². The van der Waals surface area contributed by atoms with Gasteiger partial charge in [0.25, 0.3) is 0 Å². The zero-order valence-electron chi connectivity index (χ0n) is 14.3. The number of aliphatic hydroxyl groups excluding tert-OH is 3. The van der Waals surface area contributed by atoms with Crippen LogP contribution in [-0.4, -0.2) is 40.7 Å². The van der Waals surface area contributed by atoms with E-state index in [1.54, 1.807) is 19.2 Å². The van der Waals surface area contributed by atoms with E-state index in [0.717, 1.165) is 16.9 Å². The molecule has 0 saturated carbocycles. The topological polar surface area (TPSA) is 79.2 Å². The second-order valence-electron chi connectivity index (χ2n) is 6.31. The van der Waals surface area contributed by atoms with Crippen molar-refractivity contribution in [2.24, 2.45) is 0 Å². The molecule has 2 aromatic carbocycles. The number of benzene rings is 2. The third kappa shape index (κ3) is 3.71. The number of ether oxygens (including phenoxy) is 2. The van der Waals surface area contributed by atoms with Crippen LogP contribution in [0, 0.1) is 0 Å². The molecule has 1 aliphatic heterocycles. The van der Waals surface area contributed by atoms with E-state index in [2.05, 4.69) is 6.58 Å². The molecular weight excluding hydrogens is 356 g/mol. The first-order valence-corrected chi connectivity index (χ1v) is 8.59. The molecule has 1 heterocycles. The summed E-state index contributed by atoms with van der Waals surface area (Å²) >= 11 is 6.33. The van der Waals surface area contributed by atoms with Gasteiger partial charge in [0.05, 0.1) is 7.11 Å². The van der Waals surface area contributed by atoms with Gasteiger partial charge in [0, 0.05) is 5.02 Å². The third-order valence-electron chi connectivity index (χ3n) is 4.54. The zero-order chi connectivity index (χ0) is 18.8. The number of hydrogen-bond donors (Lipinski definition) is 3. The van der Waals surface area contributed by atoms with Crippen molar-refractivity contribution in [1.82, 2.24) is 0 Å². The van der Waals surface area contributed by atoms with Gasteiger partial charge < -0.3 is 24.8 Å². The molecule has 0 aliphatic carbocycles. The molecule has 0 unspecified atom stereocenters. The van der Waals surface area contributed by atoms with E-state index >= 15 is 0 Å². The fourth-order valence-electron chi connectivity index (χ4n) is 2.99. The molecule has 4 atom stereocenters. The van der Waals surface area contributed by atoms with Crippen molar-refractivity contribution in [3.05, 3.63) is 76.5 Å². The Morgan fingerprint density at radius 1 is 1.08 bits per heavy atom. The number of hydrogen-bond acceptors (Lipinski definition) is 5. The molecule has 26 heavy (non-hydrogen) atoms. The molecule has 0 amide bonds. The lowest BCUT2D eigenvalue weighted by molar-refractivity contribution is -0.157. The molecule has 2 aromatic rings. The van der Waals surface area contributed by atoms with Gasteiger partial charge >= 0.3 is 0 Å². The van der Waals surface area contributed by atoms with Crippen molar-refractivity contribution in [3.63, 3.8) is 0 Å². The van der Waals surface area contributed by atoms with E-state index < -0.39 is 24.4 Å². The van der Waals surface area contributed by atoms with E-state index in [1.165, 1.54) is 0 Å². The first-order valence-electron chi connectivity index (χ1n) is 8.21. The lowest BCUT2D eigenvalue weighted by Crippen LogP contribution is -2.47. The Kier molecular flexibility index (Phi) is 5.53. The van der Waals surface area contributed by atoms with E-state index in [0.29, 0.717) is 17.0 Å². The van der Waals surface area contributed by atoms with Crippen molar-refractivity contribution in [2.75, 3.05) is 7.11 Å². The first-order chi connectivity index (χ1) is 12.4. The van der Waals surface area contributed by atoms with Crippen LogP contribution in [0.25, 0.3) is 0 Å². The van der Waals surface area contributed by atoms with Crippen LogP contribution >= 0.6 is 11.6 Å². The maximum absolute atomic E-state index is 10.3. The summed E-state index contributed by atoms with van der Waals surface area (Å²) in [6, 6.07) is 13.0. The minimum atomic E-state index is -1.36. The zero-order valence-corrected chi connectivity index (χ0v) is 15.1. The van der Waals surface area contributed by atoms with Crippen LogP contribution in [-0.2, 0) is 11.2 Å². The Morgan fingerprint density at radius 2 is 1.77 bits per heavy atom. The highest BCUT2D eigenvalue weighted by atomic mass is 35.5. The second kappa shape index (κ2) is 7.68. The summed E-state index contributed by atoms with van der Waals surface area (Å²) in [6.07, 6.45) is -4.18. The van der Waals surface area contributed by atoms with Gasteiger partial charge in [-0.05, 0) is 41.3 Å². The number of methoxy groups -OCH3 is 1. The lowest BCUT2D eigenvalue weighted by Gasteiger charge is -2.37. The van der Waals surface area contributed by atoms with Crippen LogP contribution in [0.1, 0.15) is 22.8 Å². The fourth-order valence-corrected chi connectivity index (χ4v) is 3.18. The van der Waals surface area contributed by atoms with Crippen LogP contribution in [0.5, 0.6) is 5.75 Å². The van der Waals surface area contributed by atoms with Crippen LogP contribution in [0.3, 0.4) is 0 Å². The Hall–Kier alpha value is -2.05. The highest BCUT2D eigenvalue weighted by Gasteiger charge is 2.41. The molecular formula is C20H21ClO5. The molecule has 6 heteroatoms. The van der Waals surface area contributed by atoms with Crippen molar-refractivity contribution in [2.45, 2.75) is 30.8 Å². The van der Waals surface area contributed by atoms with Crippen LogP contribution in [0.15, 0.2) is 54.8 Å². The molecule has 1 aliphatic rings. The maximum Gasteiger partial charge on any atom is 0.152 e. The summed E-state index contributed by atoms with van der Waals surface area (Å²) in [5, 5.41) is 30.6. The first kappa shape index (κ1) is 18.7. The highest BCUT2D eigenvalue weighted by Crippen LogP contribution is 2.35. The molecule has 3 N–H and O–H groups in total. The molecule has 0 spiro atoms. The Labute approximate surface area is 157 Å². The minimum Gasteiger partial charge on any atom is -0.497 e.